The van der Waals surface area contributed by atoms with Crippen LogP contribution in [0.25, 0.3) is 22.9 Å². The lowest BCUT2D eigenvalue weighted by Crippen LogP contribution is -2.29. The van der Waals surface area contributed by atoms with Crippen molar-refractivity contribution in [3.8, 4) is 16.8 Å². The zero-order valence-electron chi connectivity index (χ0n) is 22.7. The highest BCUT2D eigenvalue weighted by atomic mass is 35.5. The van der Waals surface area contributed by atoms with Crippen LogP contribution in [0.15, 0.2) is 66.3 Å². The molecule has 5 aromatic rings. The van der Waals surface area contributed by atoms with Gasteiger partial charge in [0.2, 0.25) is 5.91 Å². The Kier molecular flexibility index (Phi) is 9.35. The van der Waals surface area contributed by atoms with Gasteiger partial charge in [-0.1, -0.05) is 35.3 Å². The molecule has 12 nitrogen and oxygen atoms in total. The average molecular weight is 637 g/mol. The van der Waals surface area contributed by atoms with Crippen molar-refractivity contribution in [3.05, 3.63) is 98.4 Å². The minimum Gasteiger partial charge on any atom is -0.453 e. The zero-order valence-corrected chi connectivity index (χ0v) is 25.1. The third-order valence-corrected chi connectivity index (χ3v) is 7.62. The molecule has 2 amide bonds. The quantitative estimate of drug-likeness (QED) is 0.201. The molecule has 15 heteroatoms. The van der Waals surface area contributed by atoms with Crippen molar-refractivity contribution in [1.82, 2.24) is 40.7 Å². The molecule has 5 rings (SSSR count). The standard InChI is InChI=1S/C28H23Cl2N9O3S/c1-16-14-43-26(32-16)13-22(34-25(40)10-5-18-11-19(29)6-9-24(18)39-15-31-37-38-39)23-12-21(27(30)36-35-23)17-3-7-20(8-4-17)33-28(41)42-2/h3-12,14-15,22H,13H2,1-2H3,(H,33,41)(H,34,40). The number of ether oxygens (including phenoxy) is 1. The molecule has 0 saturated carbocycles. The topological polar surface area (TPSA) is 150 Å². The second kappa shape index (κ2) is 13.5. The van der Waals surface area contributed by atoms with E-state index in [1.165, 1.54) is 35.5 Å². The SMILES string of the molecule is COC(=O)Nc1ccc(-c2cc(C(Cc3nc(C)cs3)NC(=O)C=Cc3cc(Cl)ccc3-n3cnnn3)nnc2Cl)cc1. The number of hydrogen-bond acceptors (Lipinski definition) is 10. The van der Waals surface area contributed by atoms with Crippen molar-refractivity contribution >= 4 is 58.3 Å². The van der Waals surface area contributed by atoms with Gasteiger partial charge in [0.05, 0.1) is 29.5 Å². The summed E-state index contributed by atoms with van der Waals surface area (Å²) in [5.74, 6) is -0.377. The third-order valence-electron chi connectivity index (χ3n) is 6.11. The molecule has 3 aromatic heterocycles. The molecule has 2 aromatic carbocycles. The second-order valence-electron chi connectivity index (χ2n) is 9.11. The highest BCUT2D eigenvalue weighted by molar-refractivity contribution is 7.09. The lowest BCUT2D eigenvalue weighted by molar-refractivity contribution is -0.117. The summed E-state index contributed by atoms with van der Waals surface area (Å²) in [4.78, 5) is 29.3. The molecular formula is C28H23Cl2N9O3S. The molecule has 3 heterocycles. The van der Waals surface area contributed by atoms with Gasteiger partial charge in [0.1, 0.15) is 6.33 Å². The van der Waals surface area contributed by atoms with Gasteiger partial charge >= 0.3 is 6.09 Å². The fourth-order valence-corrected chi connectivity index (χ4v) is 5.29. The molecule has 0 aliphatic rings. The van der Waals surface area contributed by atoms with Crippen molar-refractivity contribution in [2.45, 2.75) is 19.4 Å². The van der Waals surface area contributed by atoms with Gasteiger partial charge in [0.25, 0.3) is 0 Å². The number of nitrogens with one attached hydrogen (secondary N) is 2. The summed E-state index contributed by atoms with van der Waals surface area (Å²) >= 11 is 14.1. The Morgan fingerprint density at radius 2 is 1.93 bits per heavy atom. The van der Waals surface area contributed by atoms with E-state index >= 15 is 0 Å². The van der Waals surface area contributed by atoms with E-state index in [-0.39, 0.29) is 11.1 Å². The van der Waals surface area contributed by atoms with Crippen LogP contribution >= 0.6 is 34.5 Å². The van der Waals surface area contributed by atoms with Crippen LogP contribution < -0.4 is 10.6 Å². The lowest BCUT2D eigenvalue weighted by Gasteiger charge is -2.17. The number of benzene rings is 2. The Morgan fingerprint density at radius 3 is 2.63 bits per heavy atom. The Morgan fingerprint density at radius 1 is 1.12 bits per heavy atom. The van der Waals surface area contributed by atoms with E-state index in [0.29, 0.717) is 39.6 Å². The van der Waals surface area contributed by atoms with Crippen LogP contribution in [0.4, 0.5) is 10.5 Å². The summed E-state index contributed by atoms with van der Waals surface area (Å²) in [6.45, 7) is 1.91. The van der Waals surface area contributed by atoms with Gasteiger partial charge in [-0.05, 0) is 65.4 Å². The number of carbonyl (C=O) groups is 2. The Hall–Kier alpha value is -4.72. The van der Waals surface area contributed by atoms with Crippen molar-refractivity contribution in [3.63, 3.8) is 0 Å². The molecule has 218 valence electrons. The highest BCUT2D eigenvalue weighted by Crippen LogP contribution is 2.30. The normalized spacial score (nSPS) is 11.8. The Bertz CT molecular complexity index is 1780. The number of rotatable bonds is 9. The maximum Gasteiger partial charge on any atom is 0.411 e. The number of amides is 2. The number of methoxy groups -OCH3 is 1. The monoisotopic (exact) mass is 635 g/mol. The van der Waals surface area contributed by atoms with Crippen LogP contribution in [0.3, 0.4) is 0 Å². The molecule has 0 spiro atoms. The molecule has 43 heavy (non-hydrogen) atoms. The van der Waals surface area contributed by atoms with Crippen molar-refractivity contribution in [2.75, 3.05) is 12.4 Å². The molecule has 0 fully saturated rings. The number of aryl methyl sites for hydroxylation is 1. The third kappa shape index (κ3) is 7.57. The molecule has 1 atom stereocenters. The van der Waals surface area contributed by atoms with Crippen LogP contribution in [0, 0.1) is 6.92 Å². The first kappa shape index (κ1) is 29.8. The number of aromatic nitrogens is 7. The van der Waals surface area contributed by atoms with E-state index < -0.39 is 12.1 Å². The first-order chi connectivity index (χ1) is 20.8. The predicted molar refractivity (Wildman–Crippen MR) is 163 cm³/mol. The molecule has 0 aliphatic carbocycles. The number of halogens is 2. The number of carbonyl (C=O) groups excluding carboxylic acids is 2. The second-order valence-corrected chi connectivity index (χ2v) is 10.8. The van der Waals surface area contributed by atoms with Crippen LogP contribution in [0.5, 0.6) is 0 Å². The largest absolute Gasteiger partial charge is 0.453 e. The van der Waals surface area contributed by atoms with Crippen LogP contribution in [0.1, 0.15) is 28.0 Å². The van der Waals surface area contributed by atoms with Gasteiger partial charge in [-0.3, -0.25) is 10.1 Å². The van der Waals surface area contributed by atoms with Crippen molar-refractivity contribution in [2.24, 2.45) is 0 Å². The van der Waals surface area contributed by atoms with E-state index in [1.807, 2.05) is 12.3 Å². The van der Waals surface area contributed by atoms with Crippen molar-refractivity contribution in [1.29, 1.82) is 0 Å². The van der Waals surface area contributed by atoms with Gasteiger partial charge in [-0.25, -0.2) is 9.78 Å². The van der Waals surface area contributed by atoms with Gasteiger partial charge in [0.15, 0.2) is 5.15 Å². The smallest absolute Gasteiger partial charge is 0.411 e. The number of tetrazole rings is 1. The van der Waals surface area contributed by atoms with E-state index in [1.54, 1.807) is 54.6 Å². The minimum absolute atomic E-state index is 0.184. The highest BCUT2D eigenvalue weighted by Gasteiger charge is 2.21. The Labute approximate surface area is 259 Å². The zero-order chi connectivity index (χ0) is 30.3. The number of anilines is 1. The molecule has 0 saturated heterocycles. The number of hydrogen-bond donors (Lipinski definition) is 2. The summed E-state index contributed by atoms with van der Waals surface area (Å²) in [5.41, 5.74) is 4.55. The van der Waals surface area contributed by atoms with E-state index in [9.17, 15) is 9.59 Å². The first-order valence-electron chi connectivity index (χ1n) is 12.7. The van der Waals surface area contributed by atoms with E-state index in [0.717, 1.165) is 16.3 Å². The maximum absolute atomic E-state index is 13.2. The summed E-state index contributed by atoms with van der Waals surface area (Å²) in [6.07, 6.45) is 4.28. The summed E-state index contributed by atoms with van der Waals surface area (Å²) in [5, 5.41) is 28.8. The Balaban J connectivity index is 1.42. The van der Waals surface area contributed by atoms with Gasteiger partial charge < -0.3 is 10.1 Å². The summed E-state index contributed by atoms with van der Waals surface area (Å²) < 4.78 is 6.11. The van der Waals surface area contributed by atoms with Crippen LogP contribution in [-0.2, 0) is 16.0 Å². The predicted octanol–water partition coefficient (Wildman–Crippen LogP) is 5.48. The van der Waals surface area contributed by atoms with E-state index in [2.05, 4.69) is 46.1 Å². The molecule has 0 aliphatic heterocycles. The number of nitrogens with zero attached hydrogens (tertiary/aromatic N) is 7. The molecule has 2 N–H and O–H groups in total. The number of thiazole rings is 1. The first-order valence-corrected chi connectivity index (χ1v) is 14.3. The maximum atomic E-state index is 13.2. The fraction of sp³-hybridized carbons (Fsp3) is 0.143. The van der Waals surface area contributed by atoms with Crippen LogP contribution in [0.2, 0.25) is 10.2 Å². The van der Waals surface area contributed by atoms with Gasteiger partial charge in [-0.15, -0.1) is 21.5 Å². The van der Waals surface area contributed by atoms with Gasteiger partial charge in [-0.2, -0.15) is 9.78 Å². The molecule has 0 bridgehead atoms. The van der Waals surface area contributed by atoms with Crippen LogP contribution in [-0.4, -0.2) is 54.5 Å². The average Bonchev–Trinajstić information content (AvgIpc) is 3.68. The molecule has 1 unspecified atom stereocenters. The molecule has 0 radical (unpaired) electrons. The van der Waals surface area contributed by atoms with Gasteiger partial charge in [0, 0.05) is 45.4 Å². The van der Waals surface area contributed by atoms with Crippen molar-refractivity contribution < 1.29 is 14.3 Å². The summed E-state index contributed by atoms with van der Waals surface area (Å²) in [7, 11) is 1.29. The lowest BCUT2D eigenvalue weighted by atomic mass is 10.0. The van der Waals surface area contributed by atoms with E-state index in [4.69, 9.17) is 23.2 Å². The fourth-order valence-electron chi connectivity index (χ4n) is 4.09. The summed E-state index contributed by atoms with van der Waals surface area (Å²) in [6, 6.07) is 13.4. The minimum atomic E-state index is -0.579. The molecular weight excluding hydrogens is 613 g/mol.